The molecule has 1 fully saturated rings. The highest BCUT2D eigenvalue weighted by Crippen LogP contribution is 2.30. The van der Waals surface area contributed by atoms with Crippen LogP contribution in [-0.2, 0) is 6.42 Å². The van der Waals surface area contributed by atoms with Crippen molar-refractivity contribution in [1.29, 1.82) is 0 Å². The molecular weight excluding hydrogens is 517 g/mol. The summed E-state index contributed by atoms with van der Waals surface area (Å²) in [4.78, 5) is 6.53. The first-order valence-electron chi connectivity index (χ1n) is 9.91. The van der Waals surface area contributed by atoms with Crippen LogP contribution in [-0.4, -0.2) is 52.9 Å². The van der Waals surface area contributed by atoms with Gasteiger partial charge >= 0.3 is 0 Å². The van der Waals surface area contributed by atoms with E-state index in [1.165, 1.54) is 12.1 Å². The minimum absolute atomic E-state index is 0. The van der Waals surface area contributed by atoms with Crippen LogP contribution in [0.4, 0.5) is 14.5 Å². The summed E-state index contributed by atoms with van der Waals surface area (Å²) in [6.07, 6.45) is 1.45. The van der Waals surface area contributed by atoms with Gasteiger partial charge in [-0.3, -0.25) is 4.99 Å². The van der Waals surface area contributed by atoms with Crippen molar-refractivity contribution in [3.63, 3.8) is 0 Å². The van der Waals surface area contributed by atoms with Crippen molar-refractivity contribution in [1.82, 2.24) is 10.6 Å². The Bertz CT molecular complexity index is 855. The zero-order valence-corrected chi connectivity index (χ0v) is 20.3. The lowest BCUT2D eigenvalue weighted by molar-refractivity contribution is 0.394. The number of anilines is 1. The van der Waals surface area contributed by atoms with Gasteiger partial charge in [-0.2, -0.15) is 0 Å². The molecule has 0 radical (unpaired) electrons. The third kappa shape index (κ3) is 7.12. The Morgan fingerprint density at radius 1 is 1.06 bits per heavy atom. The molecule has 9 heteroatoms. The summed E-state index contributed by atoms with van der Waals surface area (Å²) in [7, 11) is 4.98. The number of hydrogen-bond donors (Lipinski definition) is 2. The van der Waals surface area contributed by atoms with Gasteiger partial charge in [-0.05, 0) is 30.5 Å². The Morgan fingerprint density at radius 2 is 1.71 bits per heavy atom. The molecule has 6 nitrogen and oxygen atoms in total. The van der Waals surface area contributed by atoms with Gasteiger partial charge in [0, 0.05) is 62.7 Å². The SMILES string of the molecule is CN=C(NCCc1cc(F)cc(F)c1)NC1CCN(c2cc(OC)cc(OC)c2)C1.I. The largest absolute Gasteiger partial charge is 0.497 e. The Hall–Kier alpha value is -2.30. The fourth-order valence-electron chi connectivity index (χ4n) is 3.56. The Morgan fingerprint density at radius 3 is 2.29 bits per heavy atom. The highest BCUT2D eigenvalue weighted by atomic mass is 127. The molecule has 1 aliphatic rings. The molecule has 170 valence electrons. The molecule has 1 unspecified atom stereocenters. The number of guanidine groups is 1. The van der Waals surface area contributed by atoms with E-state index in [2.05, 4.69) is 20.5 Å². The van der Waals surface area contributed by atoms with Crippen LogP contribution in [0.5, 0.6) is 11.5 Å². The van der Waals surface area contributed by atoms with Crippen molar-refractivity contribution in [2.75, 3.05) is 45.8 Å². The predicted octanol–water partition coefficient (Wildman–Crippen LogP) is 3.59. The standard InChI is InChI=1S/C22H28F2N4O2.HI/c1-25-22(26-6-4-15-8-16(23)10-17(24)9-15)27-18-5-7-28(14-18)19-11-20(29-2)13-21(12-19)30-3;/h8-13,18H,4-7,14H2,1-3H3,(H2,25,26,27);1H. The molecule has 0 amide bonds. The average molecular weight is 546 g/mol. The molecule has 3 rings (SSSR count). The third-order valence-corrected chi connectivity index (χ3v) is 5.08. The van der Waals surface area contributed by atoms with E-state index < -0.39 is 11.6 Å². The highest BCUT2D eigenvalue weighted by molar-refractivity contribution is 14.0. The monoisotopic (exact) mass is 546 g/mol. The first-order valence-corrected chi connectivity index (χ1v) is 9.91. The predicted molar refractivity (Wildman–Crippen MR) is 130 cm³/mol. The summed E-state index contributed by atoms with van der Waals surface area (Å²) in [6.45, 7) is 2.23. The molecule has 0 spiro atoms. The fourth-order valence-corrected chi connectivity index (χ4v) is 3.56. The van der Waals surface area contributed by atoms with Gasteiger partial charge in [0.2, 0.25) is 0 Å². The fraction of sp³-hybridized carbons (Fsp3) is 0.409. The first-order chi connectivity index (χ1) is 14.5. The van der Waals surface area contributed by atoms with E-state index in [4.69, 9.17) is 9.47 Å². The molecule has 0 aliphatic carbocycles. The number of rotatable bonds is 7. The molecule has 31 heavy (non-hydrogen) atoms. The van der Waals surface area contributed by atoms with Crippen molar-refractivity contribution >= 4 is 35.6 Å². The topological polar surface area (TPSA) is 58.1 Å². The number of aliphatic imine (C=N–C) groups is 1. The quantitative estimate of drug-likeness (QED) is 0.316. The minimum Gasteiger partial charge on any atom is -0.497 e. The number of methoxy groups -OCH3 is 2. The van der Waals surface area contributed by atoms with Crippen molar-refractivity contribution in [3.8, 4) is 11.5 Å². The number of halogens is 3. The van der Waals surface area contributed by atoms with E-state index >= 15 is 0 Å². The van der Waals surface area contributed by atoms with E-state index in [9.17, 15) is 8.78 Å². The van der Waals surface area contributed by atoms with Crippen LogP contribution in [0.25, 0.3) is 0 Å². The highest BCUT2D eigenvalue weighted by Gasteiger charge is 2.24. The minimum atomic E-state index is -0.562. The van der Waals surface area contributed by atoms with Gasteiger partial charge in [0.1, 0.15) is 23.1 Å². The lowest BCUT2D eigenvalue weighted by Crippen LogP contribution is -2.45. The molecule has 2 aromatic rings. The molecule has 2 aromatic carbocycles. The van der Waals surface area contributed by atoms with Gasteiger partial charge in [-0.1, -0.05) is 0 Å². The lowest BCUT2D eigenvalue weighted by atomic mass is 10.1. The molecule has 1 aliphatic heterocycles. The van der Waals surface area contributed by atoms with Crippen LogP contribution in [0.15, 0.2) is 41.4 Å². The zero-order chi connectivity index (χ0) is 21.5. The smallest absolute Gasteiger partial charge is 0.191 e. The second kappa shape index (κ2) is 11.9. The van der Waals surface area contributed by atoms with Crippen LogP contribution in [0.2, 0.25) is 0 Å². The van der Waals surface area contributed by atoms with Crippen LogP contribution in [0, 0.1) is 11.6 Å². The maximum Gasteiger partial charge on any atom is 0.191 e. The van der Waals surface area contributed by atoms with Crippen molar-refractivity contribution in [2.45, 2.75) is 18.9 Å². The first kappa shape index (κ1) is 25.0. The Kier molecular flexibility index (Phi) is 9.60. The second-order valence-corrected chi connectivity index (χ2v) is 7.17. The number of nitrogens with one attached hydrogen (secondary N) is 2. The summed E-state index contributed by atoms with van der Waals surface area (Å²) in [5.74, 6) is 1.06. The van der Waals surface area contributed by atoms with Crippen molar-refractivity contribution in [2.24, 2.45) is 4.99 Å². The molecule has 1 saturated heterocycles. The lowest BCUT2D eigenvalue weighted by Gasteiger charge is -2.21. The summed E-state index contributed by atoms with van der Waals surface area (Å²) in [5.41, 5.74) is 1.65. The van der Waals surface area contributed by atoms with Crippen molar-refractivity contribution in [3.05, 3.63) is 53.6 Å². The Labute approximate surface area is 199 Å². The van der Waals surface area contributed by atoms with Gasteiger partial charge in [0.25, 0.3) is 0 Å². The summed E-state index contributed by atoms with van der Waals surface area (Å²) >= 11 is 0. The average Bonchev–Trinajstić information content (AvgIpc) is 3.20. The third-order valence-electron chi connectivity index (χ3n) is 5.08. The van der Waals surface area contributed by atoms with E-state index in [0.717, 1.165) is 42.8 Å². The molecule has 2 N–H and O–H groups in total. The number of nitrogens with zero attached hydrogens (tertiary/aromatic N) is 2. The van der Waals surface area contributed by atoms with E-state index in [1.807, 2.05) is 18.2 Å². The maximum absolute atomic E-state index is 13.3. The molecule has 0 saturated carbocycles. The maximum atomic E-state index is 13.3. The second-order valence-electron chi connectivity index (χ2n) is 7.17. The summed E-state index contributed by atoms with van der Waals surface area (Å²) in [6, 6.07) is 9.63. The van der Waals surface area contributed by atoms with Crippen molar-refractivity contribution < 1.29 is 18.3 Å². The van der Waals surface area contributed by atoms with Crippen LogP contribution >= 0.6 is 24.0 Å². The van der Waals surface area contributed by atoms with Gasteiger partial charge in [0.05, 0.1) is 14.2 Å². The normalized spacial score (nSPS) is 16.0. The number of benzene rings is 2. The van der Waals surface area contributed by atoms with E-state index in [1.54, 1.807) is 21.3 Å². The van der Waals surface area contributed by atoms with Gasteiger partial charge in [-0.25, -0.2) is 8.78 Å². The molecular formula is C22H29F2IN4O2. The zero-order valence-electron chi connectivity index (χ0n) is 18.0. The van der Waals surface area contributed by atoms with Gasteiger partial charge < -0.3 is 25.0 Å². The van der Waals surface area contributed by atoms with Crippen LogP contribution in [0.1, 0.15) is 12.0 Å². The summed E-state index contributed by atoms with van der Waals surface area (Å²) in [5, 5.41) is 6.63. The molecule has 0 bridgehead atoms. The van der Waals surface area contributed by atoms with Gasteiger partial charge in [0.15, 0.2) is 5.96 Å². The summed E-state index contributed by atoms with van der Waals surface area (Å²) < 4.78 is 37.3. The Balaban J connectivity index is 0.00000341. The molecule has 0 aromatic heterocycles. The number of hydrogen-bond acceptors (Lipinski definition) is 4. The molecule has 1 heterocycles. The number of ether oxygens (including phenoxy) is 2. The van der Waals surface area contributed by atoms with E-state index in [0.29, 0.717) is 24.5 Å². The van der Waals surface area contributed by atoms with Crippen LogP contribution < -0.4 is 25.0 Å². The molecule has 1 atom stereocenters. The van der Waals surface area contributed by atoms with Crippen LogP contribution in [0.3, 0.4) is 0 Å². The van der Waals surface area contributed by atoms with E-state index in [-0.39, 0.29) is 30.0 Å². The van der Waals surface area contributed by atoms with Gasteiger partial charge in [-0.15, -0.1) is 24.0 Å².